The maximum Gasteiger partial charge on any atom is 0.341 e. The normalized spacial score (nSPS) is 12.2. The van der Waals surface area contributed by atoms with Crippen molar-refractivity contribution in [1.82, 2.24) is 0 Å². The summed E-state index contributed by atoms with van der Waals surface area (Å²) >= 11 is 0. The molecule has 0 radical (unpaired) electrons. The van der Waals surface area contributed by atoms with Crippen molar-refractivity contribution < 1.29 is 24.1 Å². The summed E-state index contributed by atoms with van der Waals surface area (Å²) in [5.74, 6) is -1.54. The highest BCUT2D eigenvalue weighted by Gasteiger charge is 2.13. The molecule has 1 aromatic rings. The molecule has 15 heavy (non-hydrogen) atoms. The number of aliphatic hydroxyl groups is 2. The van der Waals surface area contributed by atoms with Crippen LogP contribution in [-0.4, -0.2) is 35.5 Å². The molecule has 0 fully saturated rings. The topological polar surface area (TPSA) is 66.8 Å². The smallest absolute Gasteiger partial charge is 0.341 e. The Bertz CT molecular complexity index is 340. The van der Waals surface area contributed by atoms with Gasteiger partial charge in [0.15, 0.2) is 0 Å². The minimum Gasteiger partial charge on any atom is -0.459 e. The first-order valence-electron chi connectivity index (χ1n) is 4.35. The van der Waals surface area contributed by atoms with Gasteiger partial charge in [0, 0.05) is 0 Å². The van der Waals surface area contributed by atoms with Gasteiger partial charge in [-0.05, 0) is 12.1 Å². The monoisotopic (exact) mass is 214 g/mol. The number of hydrogen-bond donors (Lipinski definition) is 2. The second-order valence-electron chi connectivity index (χ2n) is 2.91. The van der Waals surface area contributed by atoms with E-state index in [9.17, 15) is 9.18 Å². The van der Waals surface area contributed by atoms with E-state index in [4.69, 9.17) is 10.2 Å². The van der Waals surface area contributed by atoms with Crippen molar-refractivity contribution in [3.63, 3.8) is 0 Å². The summed E-state index contributed by atoms with van der Waals surface area (Å²) in [6.07, 6.45) is -1.14. The Kier molecular flexibility index (Phi) is 4.20. The minimum atomic E-state index is -1.14. The molecule has 0 aliphatic heterocycles. The van der Waals surface area contributed by atoms with Crippen LogP contribution in [0.5, 0.6) is 0 Å². The van der Waals surface area contributed by atoms with E-state index < -0.39 is 24.5 Å². The molecule has 1 rings (SSSR count). The Balaban J connectivity index is 2.58. The highest BCUT2D eigenvalue weighted by atomic mass is 19.1. The molecule has 1 aromatic carbocycles. The van der Waals surface area contributed by atoms with Crippen molar-refractivity contribution in [2.75, 3.05) is 13.2 Å². The lowest BCUT2D eigenvalue weighted by atomic mass is 10.2. The van der Waals surface area contributed by atoms with Crippen LogP contribution >= 0.6 is 0 Å². The molecular weight excluding hydrogens is 203 g/mol. The summed E-state index contributed by atoms with van der Waals surface area (Å²) < 4.78 is 17.6. The van der Waals surface area contributed by atoms with Crippen molar-refractivity contribution in [3.05, 3.63) is 35.6 Å². The quantitative estimate of drug-likeness (QED) is 0.709. The Labute approximate surface area is 85.9 Å². The van der Waals surface area contributed by atoms with Crippen molar-refractivity contribution >= 4 is 5.97 Å². The summed E-state index contributed by atoms with van der Waals surface area (Å²) in [4.78, 5) is 11.2. The molecule has 0 aliphatic rings. The van der Waals surface area contributed by atoms with Crippen LogP contribution in [0.3, 0.4) is 0 Å². The number of benzene rings is 1. The van der Waals surface area contributed by atoms with Crippen molar-refractivity contribution in [2.45, 2.75) is 6.10 Å². The zero-order chi connectivity index (χ0) is 11.3. The van der Waals surface area contributed by atoms with E-state index in [0.29, 0.717) is 0 Å². The predicted molar refractivity (Wildman–Crippen MR) is 49.8 cm³/mol. The Morgan fingerprint density at radius 2 is 2.13 bits per heavy atom. The van der Waals surface area contributed by atoms with E-state index in [-0.39, 0.29) is 12.2 Å². The van der Waals surface area contributed by atoms with E-state index >= 15 is 0 Å². The molecule has 0 saturated carbocycles. The van der Waals surface area contributed by atoms with Crippen LogP contribution < -0.4 is 0 Å². The molecule has 1 unspecified atom stereocenters. The van der Waals surface area contributed by atoms with E-state index in [1.807, 2.05) is 0 Å². The summed E-state index contributed by atoms with van der Waals surface area (Å²) in [5.41, 5.74) is -0.192. The third-order valence-corrected chi connectivity index (χ3v) is 1.71. The molecule has 1 atom stereocenters. The SMILES string of the molecule is O=C(OCC(O)CO)c1ccccc1F. The van der Waals surface area contributed by atoms with Crippen LogP contribution in [0.25, 0.3) is 0 Å². The standard InChI is InChI=1S/C10H11FO4/c11-9-4-2-1-3-8(9)10(14)15-6-7(13)5-12/h1-4,7,12-13H,5-6H2. The number of carbonyl (C=O) groups is 1. The van der Waals surface area contributed by atoms with Gasteiger partial charge in [-0.3, -0.25) is 0 Å². The zero-order valence-corrected chi connectivity index (χ0v) is 7.89. The zero-order valence-electron chi connectivity index (χ0n) is 7.89. The molecular formula is C10H11FO4. The van der Waals surface area contributed by atoms with Gasteiger partial charge in [0.05, 0.1) is 12.2 Å². The summed E-state index contributed by atoms with van der Waals surface area (Å²) in [6.45, 7) is -0.867. The van der Waals surface area contributed by atoms with Crippen LogP contribution in [0.15, 0.2) is 24.3 Å². The van der Waals surface area contributed by atoms with Crippen molar-refractivity contribution in [2.24, 2.45) is 0 Å². The molecule has 0 saturated heterocycles. The summed E-state index contributed by atoms with van der Waals surface area (Å²) in [5, 5.41) is 17.4. The molecule has 0 heterocycles. The van der Waals surface area contributed by atoms with Gasteiger partial charge in [-0.15, -0.1) is 0 Å². The van der Waals surface area contributed by atoms with Crippen LogP contribution in [0.4, 0.5) is 4.39 Å². The number of ether oxygens (including phenoxy) is 1. The van der Waals surface area contributed by atoms with Gasteiger partial charge < -0.3 is 14.9 Å². The van der Waals surface area contributed by atoms with E-state index in [0.717, 1.165) is 6.07 Å². The fraction of sp³-hybridized carbons (Fsp3) is 0.300. The summed E-state index contributed by atoms with van der Waals surface area (Å²) in [7, 11) is 0. The highest BCUT2D eigenvalue weighted by Crippen LogP contribution is 2.07. The van der Waals surface area contributed by atoms with Gasteiger partial charge in [0.1, 0.15) is 18.5 Å². The van der Waals surface area contributed by atoms with Crippen LogP contribution in [-0.2, 0) is 4.74 Å². The van der Waals surface area contributed by atoms with E-state index in [1.54, 1.807) is 0 Å². The number of aliphatic hydroxyl groups excluding tert-OH is 2. The third-order valence-electron chi connectivity index (χ3n) is 1.71. The molecule has 4 nitrogen and oxygen atoms in total. The second kappa shape index (κ2) is 5.43. The number of halogens is 1. The number of carbonyl (C=O) groups excluding carboxylic acids is 1. The van der Waals surface area contributed by atoms with Crippen molar-refractivity contribution in [3.8, 4) is 0 Å². The highest BCUT2D eigenvalue weighted by molar-refractivity contribution is 5.89. The lowest BCUT2D eigenvalue weighted by molar-refractivity contribution is 0.00900. The first kappa shape index (κ1) is 11.6. The molecule has 0 aliphatic carbocycles. The Morgan fingerprint density at radius 1 is 1.47 bits per heavy atom. The van der Waals surface area contributed by atoms with Gasteiger partial charge in [-0.1, -0.05) is 12.1 Å². The number of esters is 1. The molecule has 0 bridgehead atoms. The fourth-order valence-corrected chi connectivity index (χ4v) is 0.929. The van der Waals surface area contributed by atoms with Gasteiger partial charge in [-0.2, -0.15) is 0 Å². The Morgan fingerprint density at radius 3 is 2.73 bits per heavy atom. The first-order valence-corrected chi connectivity index (χ1v) is 4.35. The van der Waals surface area contributed by atoms with Gasteiger partial charge in [-0.25, -0.2) is 9.18 Å². The predicted octanol–water partition coefficient (Wildman–Crippen LogP) is 0.336. The molecule has 0 spiro atoms. The van der Waals surface area contributed by atoms with Crippen LogP contribution in [0, 0.1) is 5.82 Å². The van der Waals surface area contributed by atoms with Crippen molar-refractivity contribution in [1.29, 1.82) is 0 Å². The van der Waals surface area contributed by atoms with E-state index in [2.05, 4.69) is 4.74 Å². The van der Waals surface area contributed by atoms with Gasteiger partial charge >= 0.3 is 5.97 Å². The second-order valence-corrected chi connectivity index (χ2v) is 2.91. The average Bonchev–Trinajstić information content (AvgIpc) is 2.26. The molecule has 2 N–H and O–H groups in total. The largest absolute Gasteiger partial charge is 0.459 e. The Hall–Kier alpha value is -1.46. The molecule has 5 heteroatoms. The van der Waals surface area contributed by atoms with Gasteiger partial charge in [0.25, 0.3) is 0 Å². The van der Waals surface area contributed by atoms with Gasteiger partial charge in [0.2, 0.25) is 0 Å². The maximum atomic E-state index is 13.0. The molecule has 0 aromatic heterocycles. The van der Waals surface area contributed by atoms with Crippen LogP contribution in [0.1, 0.15) is 10.4 Å². The number of hydrogen-bond acceptors (Lipinski definition) is 4. The molecule has 0 amide bonds. The number of rotatable bonds is 4. The molecule has 82 valence electrons. The third kappa shape index (κ3) is 3.30. The lowest BCUT2D eigenvalue weighted by Crippen LogP contribution is -2.22. The maximum absolute atomic E-state index is 13.0. The fourth-order valence-electron chi connectivity index (χ4n) is 0.929. The average molecular weight is 214 g/mol. The summed E-state index contributed by atoms with van der Waals surface area (Å²) in [6, 6.07) is 5.37. The lowest BCUT2D eigenvalue weighted by Gasteiger charge is -2.08. The first-order chi connectivity index (χ1) is 7.15. The minimum absolute atomic E-state index is 0.192. The van der Waals surface area contributed by atoms with E-state index in [1.165, 1.54) is 18.2 Å². The van der Waals surface area contributed by atoms with Crippen LogP contribution in [0.2, 0.25) is 0 Å².